The van der Waals surface area contributed by atoms with E-state index < -0.39 is 12.6 Å². The van der Waals surface area contributed by atoms with Crippen molar-refractivity contribution in [3.63, 3.8) is 0 Å². The predicted octanol–water partition coefficient (Wildman–Crippen LogP) is 3.10. The van der Waals surface area contributed by atoms with Crippen molar-refractivity contribution in [2.75, 3.05) is 19.4 Å². The van der Waals surface area contributed by atoms with Gasteiger partial charge in [0.25, 0.3) is 0 Å². The predicted molar refractivity (Wildman–Crippen MR) is 69.0 cm³/mol. The number of hydrogen-bond donors (Lipinski definition) is 2. The highest BCUT2D eigenvalue weighted by molar-refractivity contribution is 5.50. The number of unbranched alkanes of at least 4 members (excludes halogenated alkanes) is 1. The van der Waals surface area contributed by atoms with Gasteiger partial charge in [-0.25, -0.2) is 0 Å². The molecular weight excluding hydrogens is 257 g/mol. The third-order valence-corrected chi connectivity index (χ3v) is 2.73. The SMILES string of the molecule is COc1ccc(N)c(CNCCCCC(F)(F)F)c1. The van der Waals surface area contributed by atoms with Crippen LogP contribution >= 0.6 is 0 Å². The van der Waals surface area contributed by atoms with Crippen LogP contribution in [0.25, 0.3) is 0 Å². The zero-order valence-corrected chi connectivity index (χ0v) is 10.9. The number of ether oxygens (including phenoxy) is 1. The fourth-order valence-corrected chi connectivity index (χ4v) is 1.66. The molecule has 6 heteroatoms. The zero-order chi connectivity index (χ0) is 14.3. The molecule has 19 heavy (non-hydrogen) atoms. The Labute approximate surface area is 110 Å². The molecule has 0 fully saturated rings. The average Bonchev–Trinajstić information content (AvgIpc) is 2.34. The molecule has 0 unspecified atom stereocenters. The monoisotopic (exact) mass is 276 g/mol. The molecule has 108 valence electrons. The lowest BCUT2D eigenvalue weighted by molar-refractivity contribution is -0.135. The first kappa shape index (κ1) is 15.6. The molecule has 0 amide bonds. The van der Waals surface area contributed by atoms with Gasteiger partial charge in [-0.15, -0.1) is 0 Å². The van der Waals surface area contributed by atoms with Crippen LogP contribution in [0.5, 0.6) is 5.75 Å². The van der Waals surface area contributed by atoms with E-state index in [4.69, 9.17) is 10.5 Å². The maximum Gasteiger partial charge on any atom is 0.389 e. The van der Waals surface area contributed by atoms with Gasteiger partial charge in [-0.05, 0) is 43.1 Å². The molecular formula is C13H19F3N2O. The molecule has 0 aromatic heterocycles. The van der Waals surface area contributed by atoms with Crippen molar-refractivity contribution < 1.29 is 17.9 Å². The van der Waals surface area contributed by atoms with Crippen LogP contribution in [0.15, 0.2) is 18.2 Å². The fourth-order valence-electron chi connectivity index (χ4n) is 1.66. The lowest BCUT2D eigenvalue weighted by Crippen LogP contribution is -2.16. The highest BCUT2D eigenvalue weighted by atomic mass is 19.4. The van der Waals surface area contributed by atoms with Gasteiger partial charge in [0.05, 0.1) is 7.11 Å². The van der Waals surface area contributed by atoms with Crippen molar-refractivity contribution in [1.82, 2.24) is 5.32 Å². The van der Waals surface area contributed by atoms with Crippen molar-refractivity contribution in [2.24, 2.45) is 0 Å². The average molecular weight is 276 g/mol. The van der Waals surface area contributed by atoms with Crippen LogP contribution in [0.3, 0.4) is 0 Å². The van der Waals surface area contributed by atoms with E-state index in [9.17, 15) is 13.2 Å². The number of nitrogens with two attached hydrogens (primary N) is 1. The summed E-state index contributed by atoms with van der Waals surface area (Å²) in [4.78, 5) is 0. The van der Waals surface area contributed by atoms with Gasteiger partial charge in [0.2, 0.25) is 0 Å². The summed E-state index contributed by atoms with van der Waals surface area (Å²) in [5.74, 6) is 0.711. The quantitative estimate of drug-likeness (QED) is 0.594. The first-order valence-corrected chi connectivity index (χ1v) is 6.12. The van der Waals surface area contributed by atoms with Crippen molar-refractivity contribution in [3.8, 4) is 5.75 Å². The smallest absolute Gasteiger partial charge is 0.389 e. The molecule has 0 spiro atoms. The topological polar surface area (TPSA) is 47.3 Å². The highest BCUT2D eigenvalue weighted by Crippen LogP contribution is 2.22. The van der Waals surface area contributed by atoms with Gasteiger partial charge >= 0.3 is 6.18 Å². The zero-order valence-electron chi connectivity index (χ0n) is 10.9. The van der Waals surface area contributed by atoms with Crippen molar-refractivity contribution >= 4 is 5.69 Å². The van der Waals surface area contributed by atoms with Gasteiger partial charge in [-0.2, -0.15) is 13.2 Å². The van der Waals surface area contributed by atoms with Gasteiger partial charge in [-0.1, -0.05) is 0 Å². The number of halogens is 3. The van der Waals surface area contributed by atoms with Gasteiger partial charge < -0.3 is 15.8 Å². The molecule has 0 aliphatic carbocycles. The molecule has 0 saturated heterocycles. The van der Waals surface area contributed by atoms with Crippen molar-refractivity contribution in [1.29, 1.82) is 0 Å². The second-order valence-corrected chi connectivity index (χ2v) is 4.31. The Morgan fingerprint density at radius 1 is 1.26 bits per heavy atom. The summed E-state index contributed by atoms with van der Waals surface area (Å²) in [6, 6.07) is 5.33. The Morgan fingerprint density at radius 3 is 2.63 bits per heavy atom. The first-order valence-electron chi connectivity index (χ1n) is 6.12. The van der Waals surface area contributed by atoms with E-state index in [1.165, 1.54) is 0 Å². The third kappa shape index (κ3) is 6.33. The Kier molecular flexibility index (Phi) is 5.95. The van der Waals surface area contributed by atoms with Crippen LogP contribution in [-0.4, -0.2) is 19.8 Å². The van der Waals surface area contributed by atoms with E-state index in [2.05, 4.69) is 5.32 Å². The molecule has 1 rings (SSSR count). The third-order valence-electron chi connectivity index (χ3n) is 2.73. The Balaban J connectivity index is 2.26. The second-order valence-electron chi connectivity index (χ2n) is 4.31. The summed E-state index contributed by atoms with van der Waals surface area (Å²) in [5.41, 5.74) is 7.32. The normalized spacial score (nSPS) is 11.6. The lowest BCUT2D eigenvalue weighted by atomic mass is 10.1. The minimum atomic E-state index is -4.06. The minimum absolute atomic E-state index is 0.143. The molecule has 0 bridgehead atoms. The maximum atomic E-state index is 11.9. The molecule has 3 N–H and O–H groups in total. The number of nitrogens with one attached hydrogen (secondary N) is 1. The summed E-state index contributed by atoms with van der Waals surface area (Å²) in [6.07, 6.45) is -4.15. The highest BCUT2D eigenvalue weighted by Gasteiger charge is 2.25. The molecule has 0 saturated carbocycles. The largest absolute Gasteiger partial charge is 0.497 e. The number of alkyl halides is 3. The summed E-state index contributed by atoms with van der Waals surface area (Å²) >= 11 is 0. The van der Waals surface area contributed by atoms with Crippen LogP contribution < -0.4 is 15.8 Å². The van der Waals surface area contributed by atoms with E-state index in [0.29, 0.717) is 30.9 Å². The van der Waals surface area contributed by atoms with Gasteiger partial charge in [0.1, 0.15) is 5.75 Å². The number of rotatable bonds is 7. The van der Waals surface area contributed by atoms with Gasteiger partial charge in [-0.3, -0.25) is 0 Å². The van der Waals surface area contributed by atoms with E-state index in [1.54, 1.807) is 19.2 Å². The summed E-state index contributed by atoms with van der Waals surface area (Å²) < 4.78 is 40.8. The standard InChI is InChI=1S/C13H19F3N2O/c1-19-11-4-5-12(17)10(8-11)9-18-7-3-2-6-13(14,15)16/h4-5,8,18H,2-3,6-7,9,17H2,1H3. The van der Waals surface area contributed by atoms with Gasteiger partial charge in [0, 0.05) is 18.7 Å². The Bertz CT molecular complexity index is 394. The first-order chi connectivity index (χ1) is 8.92. The number of nitrogen functional groups attached to an aromatic ring is 1. The van der Waals surface area contributed by atoms with Crippen LogP contribution in [0, 0.1) is 0 Å². The van der Waals surface area contributed by atoms with Crippen LogP contribution in [0.1, 0.15) is 24.8 Å². The van der Waals surface area contributed by atoms with Crippen LogP contribution in [-0.2, 0) is 6.54 Å². The molecule has 0 radical (unpaired) electrons. The molecule has 1 aromatic rings. The van der Waals surface area contributed by atoms with E-state index >= 15 is 0 Å². The van der Waals surface area contributed by atoms with Crippen molar-refractivity contribution in [2.45, 2.75) is 32.0 Å². The maximum absolute atomic E-state index is 11.9. The van der Waals surface area contributed by atoms with E-state index in [-0.39, 0.29) is 6.42 Å². The van der Waals surface area contributed by atoms with Crippen LogP contribution in [0.4, 0.5) is 18.9 Å². The summed E-state index contributed by atoms with van der Waals surface area (Å²) in [6.45, 7) is 1.06. The molecule has 0 atom stereocenters. The minimum Gasteiger partial charge on any atom is -0.497 e. The molecule has 3 nitrogen and oxygen atoms in total. The lowest BCUT2D eigenvalue weighted by Gasteiger charge is -2.10. The van der Waals surface area contributed by atoms with E-state index in [0.717, 1.165) is 5.56 Å². The Hall–Kier alpha value is -1.43. The molecule has 0 heterocycles. The molecule has 0 aliphatic rings. The Morgan fingerprint density at radius 2 is 2.00 bits per heavy atom. The number of benzene rings is 1. The number of hydrogen-bond acceptors (Lipinski definition) is 3. The second kappa shape index (κ2) is 7.23. The van der Waals surface area contributed by atoms with E-state index in [1.807, 2.05) is 6.07 Å². The number of methoxy groups -OCH3 is 1. The summed E-state index contributed by atoms with van der Waals surface area (Å²) in [7, 11) is 1.57. The van der Waals surface area contributed by atoms with Crippen molar-refractivity contribution in [3.05, 3.63) is 23.8 Å². The molecule has 1 aromatic carbocycles. The number of anilines is 1. The fraction of sp³-hybridized carbons (Fsp3) is 0.538. The summed E-state index contributed by atoms with van der Waals surface area (Å²) in [5, 5.41) is 3.08. The van der Waals surface area contributed by atoms with Crippen LogP contribution in [0.2, 0.25) is 0 Å². The van der Waals surface area contributed by atoms with Gasteiger partial charge in [0.15, 0.2) is 0 Å². The molecule has 0 aliphatic heterocycles.